The van der Waals surface area contributed by atoms with Crippen LogP contribution in [0.2, 0.25) is 0 Å². The molecule has 0 aliphatic carbocycles. The lowest BCUT2D eigenvalue weighted by molar-refractivity contribution is -0.127. The molecule has 2 N–H and O–H groups in total. The Kier molecular flexibility index (Phi) is 10.3. The number of anilines is 1. The zero-order valence-electron chi connectivity index (χ0n) is 17.5. The Morgan fingerprint density at radius 1 is 1.32 bits per heavy atom. The number of hydrogen-bond donors (Lipinski definition) is 2. The summed E-state index contributed by atoms with van der Waals surface area (Å²) >= 11 is 0. The van der Waals surface area contributed by atoms with Gasteiger partial charge in [0.25, 0.3) is 0 Å². The van der Waals surface area contributed by atoms with E-state index in [-0.39, 0.29) is 42.5 Å². The van der Waals surface area contributed by atoms with E-state index in [0.29, 0.717) is 12.5 Å². The van der Waals surface area contributed by atoms with Crippen LogP contribution < -0.4 is 15.5 Å². The van der Waals surface area contributed by atoms with E-state index in [0.717, 1.165) is 18.7 Å². The van der Waals surface area contributed by atoms with E-state index < -0.39 is 0 Å². The molecule has 156 valence electrons. The fourth-order valence-corrected chi connectivity index (χ4v) is 2.93. The first-order valence-corrected chi connectivity index (χ1v) is 9.61. The molecule has 1 saturated heterocycles. The number of likely N-dealkylation sites (N-methyl/N-ethyl adjacent to an activating group) is 1. The number of nitrogens with zero attached hydrogens (tertiary/aromatic N) is 3. The van der Waals surface area contributed by atoms with Crippen LogP contribution >= 0.6 is 24.0 Å². The van der Waals surface area contributed by atoms with Crippen LogP contribution in [0.25, 0.3) is 0 Å². The zero-order valence-corrected chi connectivity index (χ0v) is 19.8. The van der Waals surface area contributed by atoms with Gasteiger partial charge in [-0.1, -0.05) is 24.3 Å². The molecule has 1 unspecified atom stereocenters. The van der Waals surface area contributed by atoms with Gasteiger partial charge in [-0.2, -0.15) is 0 Å². The number of benzene rings is 1. The maximum absolute atomic E-state index is 11.9. The average Bonchev–Trinajstić information content (AvgIpc) is 3.18. The van der Waals surface area contributed by atoms with Gasteiger partial charge in [-0.25, -0.2) is 4.99 Å². The molecule has 1 atom stereocenters. The number of carbonyl (C=O) groups excluding carboxylic acids is 1. The van der Waals surface area contributed by atoms with Gasteiger partial charge in [0.15, 0.2) is 5.96 Å². The quantitative estimate of drug-likeness (QED) is 0.262. The number of guanidine groups is 1. The van der Waals surface area contributed by atoms with Gasteiger partial charge in [-0.3, -0.25) is 4.79 Å². The zero-order chi connectivity index (χ0) is 19.8. The summed E-state index contributed by atoms with van der Waals surface area (Å²) in [6.45, 7) is 11.0. The molecule has 0 spiro atoms. The summed E-state index contributed by atoms with van der Waals surface area (Å²) in [4.78, 5) is 20.3. The van der Waals surface area contributed by atoms with Crippen molar-refractivity contribution in [1.82, 2.24) is 15.5 Å². The van der Waals surface area contributed by atoms with Crippen LogP contribution in [0.3, 0.4) is 0 Å². The molecule has 1 amide bonds. The van der Waals surface area contributed by atoms with Gasteiger partial charge >= 0.3 is 0 Å². The highest BCUT2D eigenvalue weighted by atomic mass is 127. The lowest BCUT2D eigenvalue weighted by Gasteiger charge is -2.22. The number of nitrogens with one attached hydrogen (secondary N) is 2. The Morgan fingerprint density at radius 3 is 2.61 bits per heavy atom. The summed E-state index contributed by atoms with van der Waals surface area (Å²) in [5, 5.41) is 6.65. The number of aliphatic imine (C=N–C) groups is 1. The van der Waals surface area contributed by atoms with Crippen molar-refractivity contribution in [3.8, 4) is 0 Å². The molecule has 1 aliphatic rings. The highest BCUT2D eigenvalue weighted by Gasteiger charge is 2.15. The Labute approximate surface area is 186 Å². The highest BCUT2D eigenvalue weighted by molar-refractivity contribution is 14.0. The Hall–Kier alpha value is -1.77. The van der Waals surface area contributed by atoms with Crippen molar-refractivity contribution < 1.29 is 4.79 Å². The Bertz CT molecular complexity index is 683. The van der Waals surface area contributed by atoms with Crippen LogP contribution in [0.15, 0.2) is 41.4 Å². The van der Waals surface area contributed by atoms with Crippen LogP contribution in [-0.4, -0.2) is 57.0 Å². The van der Waals surface area contributed by atoms with E-state index >= 15 is 0 Å². The summed E-state index contributed by atoms with van der Waals surface area (Å²) in [6, 6.07) is 8.71. The van der Waals surface area contributed by atoms with E-state index in [4.69, 9.17) is 0 Å². The highest BCUT2D eigenvalue weighted by Crippen LogP contribution is 2.23. The molecule has 0 radical (unpaired) electrons. The lowest BCUT2D eigenvalue weighted by atomic mass is 10.1. The largest absolute Gasteiger partial charge is 0.372 e. The SMILES string of the molecule is C=C(C)CNC(=NCC(=O)N(C)C)NC(C)c1cccc(N2CCCC2)c1.I. The van der Waals surface area contributed by atoms with Crippen LogP contribution in [-0.2, 0) is 4.79 Å². The molecule has 1 heterocycles. The second-order valence-electron chi connectivity index (χ2n) is 7.42. The summed E-state index contributed by atoms with van der Waals surface area (Å²) in [7, 11) is 3.47. The van der Waals surface area contributed by atoms with E-state index in [1.54, 1.807) is 19.0 Å². The molecule has 0 saturated carbocycles. The second kappa shape index (κ2) is 11.9. The summed E-state index contributed by atoms with van der Waals surface area (Å²) in [5.41, 5.74) is 3.48. The Morgan fingerprint density at radius 2 is 2.00 bits per heavy atom. The van der Waals surface area contributed by atoms with Crippen LogP contribution in [0.5, 0.6) is 0 Å². The minimum Gasteiger partial charge on any atom is -0.372 e. The standard InChI is InChI=1S/C21H33N5O.HI/c1-16(2)14-22-21(23-15-20(27)25(4)5)24-17(3)18-9-8-10-19(13-18)26-11-6-7-12-26;/h8-10,13,17H,1,6-7,11-12,14-15H2,2-5H3,(H2,22,23,24);1H. The third-order valence-electron chi connectivity index (χ3n) is 4.62. The molecule has 6 nitrogen and oxygen atoms in total. The predicted molar refractivity (Wildman–Crippen MR) is 129 cm³/mol. The molecule has 1 fully saturated rings. The summed E-state index contributed by atoms with van der Waals surface area (Å²) < 4.78 is 0. The normalized spacial score (nSPS) is 14.9. The van der Waals surface area contributed by atoms with Crippen LogP contribution in [0.4, 0.5) is 5.69 Å². The van der Waals surface area contributed by atoms with Crippen molar-refractivity contribution in [3.05, 3.63) is 42.0 Å². The molecule has 0 bridgehead atoms. The number of amides is 1. The average molecular weight is 499 g/mol. The van der Waals surface area contributed by atoms with Gasteiger partial charge in [0, 0.05) is 39.4 Å². The number of carbonyl (C=O) groups is 1. The Balaban J connectivity index is 0.00000392. The minimum atomic E-state index is -0.0323. The second-order valence-corrected chi connectivity index (χ2v) is 7.42. The van der Waals surface area contributed by atoms with Crippen molar-refractivity contribution in [2.75, 3.05) is 45.2 Å². The fraction of sp³-hybridized carbons (Fsp3) is 0.524. The lowest BCUT2D eigenvalue weighted by Crippen LogP contribution is -2.40. The van der Waals surface area contributed by atoms with Crippen molar-refractivity contribution >= 4 is 41.5 Å². The number of rotatable bonds is 7. The maximum atomic E-state index is 11.9. The van der Waals surface area contributed by atoms with E-state index in [9.17, 15) is 4.79 Å². The predicted octanol–water partition coefficient (Wildman–Crippen LogP) is 3.17. The van der Waals surface area contributed by atoms with Crippen LogP contribution in [0.1, 0.15) is 38.3 Å². The fourth-order valence-electron chi connectivity index (χ4n) is 2.93. The van der Waals surface area contributed by atoms with Gasteiger partial charge in [0.2, 0.25) is 5.91 Å². The molecule has 1 aromatic carbocycles. The summed E-state index contributed by atoms with van der Waals surface area (Å²) in [6.07, 6.45) is 2.53. The van der Waals surface area contributed by atoms with Crippen LogP contribution in [0, 0.1) is 0 Å². The van der Waals surface area contributed by atoms with E-state index in [1.807, 2.05) is 6.92 Å². The third-order valence-corrected chi connectivity index (χ3v) is 4.62. The van der Waals surface area contributed by atoms with Crippen molar-refractivity contribution in [2.24, 2.45) is 4.99 Å². The maximum Gasteiger partial charge on any atom is 0.243 e. The third kappa shape index (κ3) is 7.69. The summed E-state index contributed by atoms with van der Waals surface area (Å²) in [5.74, 6) is 0.586. The van der Waals surface area contributed by atoms with Gasteiger partial charge < -0.3 is 20.4 Å². The smallest absolute Gasteiger partial charge is 0.243 e. The van der Waals surface area contributed by atoms with E-state index in [1.165, 1.54) is 24.1 Å². The van der Waals surface area contributed by atoms with Crippen molar-refractivity contribution in [2.45, 2.75) is 32.7 Å². The minimum absolute atomic E-state index is 0. The first-order valence-electron chi connectivity index (χ1n) is 9.61. The van der Waals surface area contributed by atoms with Gasteiger partial charge in [-0.05, 0) is 44.4 Å². The monoisotopic (exact) mass is 499 g/mol. The first kappa shape index (κ1) is 24.3. The van der Waals surface area contributed by atoms with Crippen molar-refractivity contribution in [1.29, 1.82) is 0 Å². The number of halogens is 1. The molecule has 28 heavy (non-hydrogen) atoms. The molecule has 2 rings (SSSR count). The molecule has 0 aromatic heterocycles. The molecule has 1 aromatic rings. The molecule has 1 aliphatic heterocycles. The number of hydrogen-bond acceptors (Lipinski definition) is 3. The van der Waals surface area contributed by atoms with Gasteiger partial charge in [-0.15, -0.1) is 24.0 Å². The topological polar surface area (TPSA) is 60.0 Å². The van der Waals surface area contributed by atoms with Gasteiger partial charge in [0.1, 0.15) is 6.54 Å². The first-order chi connectivity index (χ1) is 12.9. The van der Waals surface area contributed by atoms with E-state index in [2.05, 4.69) is 58.3 Å². The molecular formula is C21H34IN5O. The molecule has 7 heteroatoms. The van der Waals surface area contributed by atoms with Crippen molar-refractivity contribution in [3.63, 3.8) is 0 Å². The molecular weight excluding hydrogens is 465 g/mol. The van der Waals surface area contributed by atoms with Gasteiger partial charge in [0.05, 0.1) is 6.04 Å².